The SMILES string of the molecule is O=C(CN1CCC2(CCCCC2)CC1)C1CCCCC1. The molecule has 0 atom stereocenters. The van der Waals surface area contributed by atoms with Crippen molar-refractivity contribution in [2.45, 2.75) is 77.0 Å². The number of rotatable bonds is 3. The third kappa shape index (κ3) is 3.44. The van der Waals surface area contributed by atoms with E-state index in [1.54, 1.807) is 0 Å². The molecule has 0 radical (unpaired) electrons. The molecule has 0 unspecified atom stereocenters. The van der Waals surface area contributed by atoms with E-state index in [9.17, 15) is 4.79 Å². The molecule has 0 amide bonds. The Balaban J connectivity index is 1.44. The molecule has 2 saturated carbocycles. The van der Waals surface area contributed by atoms with Gasteiger partial charge >= 0.3 is 0 Å². The number of piperidine rings is 1. The molecule has 2 aliphatic carbocycles. The van der Waals surface area contributed by atoms with Gasteiger partial charge in [-0.25, -0.2) is 0 Å². The zero-order valence-corrected chi connectivity index (χ0v) is 13.0. The Morgan fingerprint density at radius 3 is 2.10 bits per heavy atom. The van der Waals surface area contributed by atoms with Crippen LogP contribution in [0.15, 0.2) is 0 Å². The molecule has 0 aromatic carbocycles. The minimum absolute atomic E-state index is 0.398. The van der Waals surface area contributed by atoms with Gasteiger partial charge in [0.2, 0.25) is 0 Å². The highest BCUT2D eigenvalue weighted by Crippen LogP contribution is 2.44. The van der Waals surface area contributed by atoms with E-state index in [-0.39, 0.29) is 0 Å². The molecule has 1 aliphatic heterocycles. The van der Waals surface area contributed by atoms with E-state index >= 15 is 0 Å². The predicted octanol–water partition coefficient (Wildman–Crippen LogP) is 4.18. The standard InChI is InChI=1S/C18H31NO/c20-17(16-7-3-1-4-8-16)15-19-13-11-18(12-14-19)9-5-2-6-10-18/h16H,1-15H2. The first kappa shape index (κ1) is 14.6. The first-order valence-electron chi connectivity index (χ1n) is 9.03. The highest BCUT2D eigenvalue weighted by atomic mass is 16.1. The molecule has 1 saturated heterocycles. The van der Waals surface area contributed by atoms with Gasteiger partial charge in [0.25, 0.3) is 0 Å². The normalized spacial score (nSPS) is 28.6. The summed E-state index contributed by atoms with van der Waals surface area (Å²) in [5.74, 6) is 0.943. The van der Waals surface area contributed by atoms with E-state index in [1.807, 2.05) is 0 Å². The number of ketones is 1. The number of hydrogen-bond acceptors (Lipinski definition) is 2. The van der Waals surface area contributed by atoms with Gasteiger partial charge in [-0.3, -0.25) is 9.69 Å². The molecule has 114 valence electrons. The molecule has 2 heteroatoms. The lowest BCUT2D eigenvalue weighted by atomic mass is 9.68. The Morgan fingerprint density at radius 2 is 1.45 bits per heavy atom. The summed E-state index contributed by atoms with van der Waals surface area (Å²) in [5.41, 5.74) is 0.669. The molecule has 0 aromatic heterocycles. The van der Waals surface area contributed by atoms with Crippen LogP contribution in [0.4, 0.5) is 0 Å². The Morgan fingerprint density at radius 1 is 0.850 bits per heavy atom. The van der Waals surface area contributed by atoms with E-state index < -0.39 is 0 Å². The molecule has 0 N–H and O–H groups in total. The fraction of sp³-hybridized carbons (Fsp3) is 0.944. The molecule has 0 aromatic rings. The molecule has 1 spiro atoms. The smallest absolute Gasteiger partial charge is 0.149 e. The van der Waals surface area contributed by atoms with E-state index in [4.69, 9.17) is 0 Å². The van der Waals surface area contributed by atoms with Gasteiger partial charge in [0.05, 0.1) is 6.54 Å². The fourth-order valence-electron chi connectivity index (χ4n) is 4.76. The summed E-state index contributed by atoms with van der Waals surface area (Å²) in [5, 5.41) is 0. The highest BCUT2D eigenvalue weighted by Gasteiger charge is 2.36. The van der Waals surface area contributed by atoms with Crippen molar-refractivity contribution in [1.82, 2.24) is 4.90 Å². The van der Waals surface area contributed by atoms with Crippen molar-refractivity contribution in [3.8, 4) is 0 Å². The molecule has 2 nitrogen and oxygen atoms in total. The van der Waals surface area contributed by atoms with Gasteiger partial charge in [-0.15, -0.1) is 0 Å². The Labute approximate surface area is 124 Å². The molecular formula is C18H31NO. The molecule has 20 heavy (non-hydrogen) atoms. The first-order valence-corrected chi connectivity index (χ1v) is 9.03. The van der Waals surface area contributed by atoms with Crippen molar-refractivity contribution in [1.29, 1.82) is 0 Å². The minimum atomic E-state index is 0.398. The third-order valence-corrected chi connectivity index (χ3v) is 6.27. The number of carbonyl (C=O) groups excluding carboxylic acids is 1. The minimum Gasteiger partial charge on any atom is -0.298 e. The van der Waals surface area contributed by atoms with Gasteiger partial charge in [0.1, 0.15) is 5.78 Å². The summed E-state index contributed by atoms with van der Waals surface area (Å²) in [6.45, 7) is 3.11. The largest absolute Gasteiger partial charge is 0.298 e. The van der Waals surface area contributed by atoms with Crippen LogP contribution in [-0.2, 0) is 4.79 Å². The van der Waals surface area contributed by atoms with E-state index in [0.717, 1.165) is 19.4 Å². The van der Waals surface area contributed by atoms with Crippen LogP contribution in [-0.4, -0.2) is 30.3 Å². The number of hydrogen-bond donors (Lipinski definition) is 0. The lowest BCUT2D eigenvalue weighted by molar-refractivity contribution is -0.125. The van der Waals surface area contributed by atoms with Crippen LogP contribution in [0.25, 0.3) is 0 Å². The van der Waals surface area contributed by atoms with Crippen molar-refractivity contribution >= 4 is 5.78 Å². The van der Waals surface area contributed by atoms with Crippen molar-refractivity contribution in [3.05, 3.63) is 0 Å². The third-order valence-electron chi connectivity index (χ3n) is 6.27. The van der Waals surface area contributed by atoms with Gasteiger partial charge in [0, 0.05) is 5.92 Å². The Bertz CT molecular complexity index is 316. The summed E-state index contributed by atoms with van der Waals surface area (Å²) in [7, 11) is 0. The maximum absolute atomic E-state index is 12.4. The van der Waals surface area contributed by atoms with Gasteiger partial charge in [-0.2, -0.15) is 0 Å². The average molecular weight is 277 g/mol. The molecular weight excluding hydrogens is 246 g/mol. The maximum atomic E-state index is 12.4. The van der Waals surface area contributed by atoms with Gasteiger partial charge in [-0.05, 0) is 57.0 Å². The van der Waals surface area contributed by atoms with Crippen LogP contribution in [0.1, 0.15) is 77.0 Å². The van der Waals surface area contributed by atoms with Crippen molar-refractivity contribution in [3.63, 3.8) is 0 Å². The molecule has 0 bridgehead atoms. The number of nitrogens with zero attached hydrogens (tertiary/aromatic N) is 1. The van der Waals surface area contributed by atoms with E-state index in [0.29, 0.717) is 17.1 Å². The van der Waals surface area contributed by atoms with Gasteiger partial charge < -0.3 is 0 Å². The Hall–Kier alpha value is -0.370. The van der Waals surface area contributed by atoms with Crippen LogP contribution >= 0.6 is 0 Å². The highest BCUT2D eigenvalue weighted by molar-refractivity contribution is 5.83. The zero-order valence-electron chi connectivity index (χ0n) is 13.0. The van der Waals surface area contributed by atoms with Crippen LogP contribution in [0.2, 0.25) is 0 Å². The average Bonchev–Trinajstić information content (AvgIpc) is 2.52. The second-order valence-electron chi connectivity index (χ2n) is 7.64. The lowest BCUT2D eigenvalue weighted by Crippen LogP contribution is -2.44. The summed E-state index contributed by atoms with van der Waals surface area (Å²) in [6.07, 6.45) is 16.2. The van der Waals surface area contributed by atoms with Crippen molar-refractivity contribution in [2.24, 2.45) is 11.3 Å². The van der Waals surface area contributed by atoms with Gasteiger partial charge in [0.15, 0.2) is 0 Å². The van der Waals surface area contributed by atoms with E-state index in [2.05, 4.69) is 4.90 Å². The van der Waals surface area contributed by atoms with Crippen LogP contribution < -0.4 is 0 Å². The second kappa shape index (κ2) is 6.60. The molecule has 1 heterocycles. The van der Waals surface area contributed by atoms with Crippen molar-refractivity contribution in [2.75, 3.05) is 19.6 Å². The number of carbonyl (C=O) groups is 1. The fourth-order valence-corrected chi connectivity index (χ4v) is 4.76. The van der Waals surface area contributed by atoms with Crippen LogP contribution in [0, 0.1) is 11.3 Å². The van der Waals surface area contributed by atoms with Crippen LogP contribution in [0.3, 0.4) is 0 Å². The second-order valence-corrected chi connectivity index (χ2v) is 7.64. The monoisotopic (exact) mass is 277 g/mol. The number of likely N-dealkylation sites (tertiary alicyclic amines) is 1. The molecule has 3 aliphatic rings. The molecule has 3 rings (SSSR count). The van der Waals surface area contributed by atoms with Crippen LogP contribution in [0.5, 0.6) is 0 Å². The van der Waals surface area contributed by atoms with E-state index in [1.165, 1.54) is 77.3 Å². The molecule has 3 fully saturated rings. The summed E-state index contributed by atoms with van der Waals surface area (Å²) < 4.78 is 0. The summed E-state index contributed by atoms with van der Waals surface area (Å²) in [4.78, 5) is 14.8. The summed E-state index contributed by atoms with van der Waals surface area (Å²) >= 11 is 0. The topological polar surface area (TPSA) is 20.3 Å². The first-order chi connectivity index (χ1) is 9.77. The van der Waals surface area contributed by atoms with Crippen molar-refractivity contribution < 1.29 is 4.79 Å². The number of Topliss-reactive ketones (excluding diaryl/α,β-unsaturated/α-hetero) is 1. The lowest BCUT2D eigenvalue weighted by Gasteiger charge is -2.44. The quantitative estimate of drug-likeness (QED) is 0.771. The van der Waals surface area contributed by atoms with Gasteiger partial charge in [-0.1, -0.05) is 38.5 Å². The maximum Gasteiger partial charge on any atom is 0.149 e. The predicted molar refractivity (Wildman–Crippen MR) is 82.8 cm³/mol. The zero-order chi connectivity index (χ0) is 13.8. The Kier molecular flexibility index (Phi) is 4.80. The summed E-state index contributed by atoms with van der Waals surface area (Å²) in [6, 6.07) is 0.